The van der Waals surface area contributed by atoms with Crippen molar-refractivity contribution in [1.82, 2.24) is 0 Å². The standard InChI is InChI=1S/C47H32/c1-47(2)43-21-10-9-16-36(43)40-27-41-42(28-44(40)47)45(32-23-22-29-12-3-4-14-31(29)26-32)38-17-7-8-18-39(38)46(41)37-20-11-19-34-33-15-6-5-13-30(33)24-25-35(34)37/h3-28H,1-2H3. The lowest BCUT2D eigenvalue weighted by Crippen LogP contribution is -2.14. The van der Waals surface area contributed by atoms with Gasteiger partial charge in [-0.3, -0.25) is 0 Å². The van der Waals surface area contributed by atoms with Gasteiger partial charge < -0.3 is 0 Å². The molecule has 0 nitrogen and oxygen atoms in total. The molecule has 0 amide bonds. The summed E-state index contributed by atoms with van der Waals surface area (Å²) in [6.45, 7) is 4.77. The van der Waals surface area contributed by atoms with Crippen LogP contribution in [0.3, 0.4) is 0 Å². The highest BCUT2D eigenvalue weighted by Crippen LogP contribution is 2.53. The Balaban J connectivity index is 1.41. The van der Waals surface area contributed by atoms with Crippen LogP contribution in [0, 0.1) is 0 Å². The molecule has 0 unspecified atom stereocenters. The van der Waals surface area contributed by atoms with Crippen LogP contribution in [-0.4, -0.2) is 0 Å². The first-order valence-electron chi connectivity index (χ1n) is 16.6. The summed E-state index contributed by atoms with van der Waals surface area (Å²) in [4.78, 5) is 0. The average Bonchev–Trinajstić information content (AvgIpc) is 3.34. The Bertz CT molecular complexity index is 2760. The van der Waals surface area contributed by atoms with Crippen LogP contribution in [0.15, 0.2) is 158 Å². The molecule has 10 rings (SSSR count). The topological polar surface area (TPSA) is 0 Å². The van der Waals surface area contributed by atoms with Gasteiger partial charge in [0.25, 0.3) is 0 Å². The molecule has 0 N–H and O–H groups in total. The minimum atomic E-state index is -0.0923. The second kappa shape index (κ2) is 9.64. The van der Waals surface area contributed by atoms with Gasteiger partial charge in [-0.15, -0.1) is 0 Å². The summed E-state index contributed by atoms with van der Waals surface area (Å²) < 4.78 is 0. The highest BCUT2D eigenvalue weighted by molar-refractivity contribution is 6.26. The van der Waals surface area contributed by atoms with Crippen LogP contribution in [0.2, 0.25) is 0 Å². The fraction of sp³-hybridized carbons (Fsp3) is 0.0638. The van der Waals surface area contributed by atoms with Crippen molar-refractivity contribution in [2.45, 2.75) is 19.3 Å². The normalized spacial score (nSPS) is 13.5. The molecule has 0 heteroatoms. The third-order valence-electron chi connectivity index (χ3n) is 10.8. The fourth-order valence-electron chi connectivity index (χ4n) is 8.58. The largest absolute Gasteiger partial charge is 0.0619 e. The van der Waals surface area contributed by atoms with Crippen molar-refractivity contribution in [1.29, 1.82) is 0 Å². The van der Waals surface area contributed by atoms with Crippen molar-refractivity contribution in [3.63, 3.8) is 0 Å². The minimum absolute atomic E-state index is 0.0923. The third kappa shape index (κ3) is 3.70. The monoisotopic (exact) mass is 596 g/mol. The molecule has 9 aromatic carbocycles. The SMILES string of the molecule is CC1(C)c2ccccc2-c2cc3c(-c4cccc5c4ccc4ccccc45)c4ccccc4c(-c4ccc5ccccc5c4)c3cc21. The summed E-state index contributed by atoms with van der Waals surface area (Å²) in [6, 6.07) is 59.0. The Morgan fingerprint density at radius 3 is 1.79 bits per heavy atom. The number of benzene rings is 9. The van der Waals surface area contributed by atoms with Gasteiger partial charge in [0.15, 0.2) is 0 Å². The molecule has 0 spiro atoms. The van der Waals surface area contributed by atoms with Gasteiger partial charge in [-0.25, -0.2) is 0 Å². The van der Waals surface area contributed by atoms with Crippen LogP contribution in [-0.2, 0) is 5.41 Å². The molecular formula is C47H32. The van der Waals surface area contributed by atoms with E-state index in [-0.39, 0.29) is 5.41 Å². The van der Waals surface area contributed by atoms with Crippen LogP contribution >= 0.6 is 0 Å². The van der Waals surface area contributed by atoms with Crippen molar-refractivity contribution < 1.29 is 0 Å². The van der Waals surface area contributed by atoms with E-state index in [9.17, 15) is 0 Å². The summed E-state index contributed by atoms with van der Waals surface area (Å²) in [5.74, 6) is 0. The maximum Gasteiger partial charge on any atom is 0.0159 e. The molecule has 0 fully saturated rings. The number of fused-ring (bicyclic) bond motifs is 9. The van der Waals surface area contributed by atoms with E-state index in [1.54, 1.807) is 0 Å². The van der Waals surface area contributed by atoms with E-state index >= 15 is 0 Å². The van der Waals surface area contributed by atoms with Crippen molar-refractivity contribution in [3.05, 3.63) is 169 Å². The predicted octanol–water partition coefficient (Wildman–Crippen LogP) is 13.1. The second-order valence-corrected chi connectivity index (χ2v) is 13.7. The van der Waals surface area contributed by atoms with E-state index < -0.39 is 0 Å². The van der Waals surface area contributed by atoms with E-state index in [0.717, 1.165) is 0 Å². The molecule has 0 saturated heterocycles. The number of hydrogen-bond acceptors (Lipinski definition) is 0. The van der Waals surface area contributed by atoms with E-state index in [1.807, 2.05) is 0 Å². The molecule has 0 heterocycles. The zero-order valence-electron chi connectivity index (χ0n) is 26.5. The highest BCUT2D eigenvalue weighted by atomic mass is 14.4. The van der Waals surface area contributed by atoms with E-state index in [2.05, 4.69) is 172 Å². The molecule has 9 aromatic rings. The Labute approximate surface area is 274 Å². The van der Waals surface area contributed by atoms with Crippen molar-refractivity contribution in [2.75, 3.05) is 0 Å². The maximum atomic E-state index is 2.53. The third-order valence-corrected chi connectivity index (χ3v) is 10.8. The molecular weight excluding hydrogens is 565 g/mol. The predicted molar refractivity (Wildman–Crippen MR) is 202 cm³/mol. The van der Waals surface area contributed by atoms with E-state index in [0.29, 0.717) is 0 Å². The molecule has 47 heavy (non-hydrogen) atoms. The smallest absolute Gasteiger partial charge is 0.0159 e. The summed E-state index contributed by atoms with van der Waals surface area (Å²) in [5.41, 5.74) is 10.6. The molecule has 1 aliphatic carbocycles. The zero-order chi connectivity index (χ0) is 31.3. The van der Waals surface area contributed by atoms with Gasteiger partial charge in [-0.1, -0.05) is 153 Å². The van der Waals surface area contributed by atoms with Gasteiger partial charge in [0.2, 0.25) is 0 Å². The fourth-order valence-corrected chi connectivity index (χ4v) is 8.58. The van der Waals surface area contributed by atoms with Gasteiger partial charge in [0, 0.05) is 5.41 Å². The van der Waals surface area contributed by atoms with Crippen molar-refractivity contribution in [2.24, 2.45) is 0 Å². The summed E-state index contributed by atoms with van der Waals surface area (Å²) >= 11 is 0. The first kappa shape index (κ1) is 26.5. The van der Waals surface area contributed by atoms with Gasteiger partial charge in [-0.05, 0) is 117 Å². The summed E-state index contributed by atoms with van der Waals surface area (Å²) in [5, 5.41) is 12.9. The quantitative estimate of drug-likeness (QED) is 0.138. The van der Waals surface area contributed by atoms with Gasteiger partial charge in [0.1, 0.15) is 0 Å². The Morgan fingerprint density at radius 1 is 0.319 bits per heavy atom. The molecule has 0 bridgehead atoms. The van der Waals surface area contributed by atoms with Gasteiger partial charge in [0.05, 0.1) is 0 Å². The number of hydrogen-bond donors (Lipinski definition) is 0. The lowest BCUT2D eigenvalue weighted by atomic mass is 9.79. The van der Waals surface area contributed by atoms with Crippen LogP contribution in [0.25, 0.3) is 87.2 Å². The number of rotatable bonds is 2. The Hall–Kier alpha value is -5.72. The van der Waals surface area contributed by atoms with Crippen LogP contribution in [0.4, 0.5) is 0 Å². The average molecular weight is 597 g/mol. The van der Waals surface area contributed by atoms with Crippen LogP contribution < -0.4 is 0 Å². The Kier molecular flexibility index (Phi) is 5.44. The molecule has 0 aromatic heterocycles. The van der Waals surface area contributed by atoms with Crippen molar-refractivity contribution in [3.8, 4) is 33.4 Å². The molecule has 0 saturated carbocycles. The molecule has 0 radical (unpaired) electrons. The highest BCUT2D eigenvalue weighted by Gasteiger charge is 2.36. The van der Waals surface area contributed by atoms with Gasteiger partial charge in [-0.2, -0.15) is 0 Å². The molecule has 1 aliphatic rings. The van der Waals surface area contributed by atoms with E-state index in [1.165, 1.54) is 98.4 Å². The molecule has 220 valence electrons. The lowest BCUT2D eigenvalue weighted by molar-refractivity contribution is 0.661. The lowest BCUT2D eigenvalue weighted by Gasteiger charge is -2.24. The summed E-state index contributed by atoms with van der Waals surface area (Å²) in [6.07, 6.45) is 0. The second-order valence-electron chi connectivity index (χ2n) is 13.7. The van der Waals surface area contributed by atoms with E-state index in [4.69, 9.17) is 0 Å². The van der Waals surface area contributed by atoms with Gasteiger partial charge >= 0.3 is 0 Å². The Morgan fingerprint density at radius 2 is 0.936 bits per heavy atom. The van der Waals surface area contributed by atoms with Crippen LogP contribution in [0.1, 0.15) is 25.0 Å². The minimum Gasteiger partial charge on any atom is -0.0619 e. The van der Waals surface area contributed by atoms with Crippen molar-refractivity contribution >= 4 is 53.9 Å². The maximum absolute atomic E-state index is 2.53. The zero-order valence-corrected chi connectivity index (χ0v) is 26.5. The van der Waals surface area contributed by atoms with Crippen LogP contribution in [0.5, 0.6) is 0 Å². The first-order valence-corrected chi connectivity index (χ1v) is 16.6. The molecule has 0 aliphatic heterocycles. The summed E-state index contributed by atoms with van der Waals surface area (Å²) in [7, 11) is 0. The first-order chi connectivity index (χ1) is 23.1. The molecule has 0 atom stereocenters.